The molecule has 4 aromatic rings. The van der Waals surface area contributed by atoms with Crippen molar-refractivity contribution in [2.45, 2.75) is 33.4 Å². The number of carbonyl (C=O) groups is 1. The van der Waals surface area contributed by atoms with Crippen molar-refractivity contribution >= 4 is 17.5 Å². The van der Waals surface area contributed by atoms with E-state index in [-0.39, 0.29) is 18.3 Å². The molecule has 4 rings (SSSR count). The van der Waals surface area contributed by atoms with Crippen LogP contribution in [0, 0.1) is 13.8 Å². The van der Waals surface area contributed by atoms with E-state index in [1.807, 2.05) is 75.4 Å². The summed E-state index contributed by atoms with van der Waals surface area (Å²) in [5, 5.41) is 7.44. The molecule has 0 saturated heterocycles. The summed E-state index contributed by atoms with van der Waals surface area (Å²) in [7, 11) is 0. The van der Waals surface area contributed by atoms with Gasteiger partial charge in [-0.1, -0.05) is 72.3 Å². The Hall–Kier alpha value is -3.97. The van der Waals surface area contributed by atoms with Gasteiger partial charge >= 0.3 is 5.69 Å². The summed E-state index contributed by atoms with van der Waals surface area (Å²) in [5.74, 6) is -0.670. The Bertz CT molecular complexity index is 1510. The number of nitrogens with one attached hydrogen (secondary N) is 1. The first-order valence-electron chi connectivity index (χ1n) is 11.2. The number of hydrogen-bond acceptors (Lipinski definition) is 4. The molecule has 0 aliphatic carbocycles. The van der Waals surface area contributed by atoms with E-state index in [4.69, 9.17) is 11.6 Å². The smallest absolute Gasteiger partial charge is 0.344 e. The number of carbonyl (C=O) groups excluding carboxylic acids is 1. The molecule has 35 heavy (non-hydrogen) atoms. The van der Waals surface area contributed by atoms with Crippen molar-refractivity contribution in [1.82, 2.24) is 19.7 Å². The number of benzene rings is 3. The van der Waals surface area contributed by atoms with Crippen LogP contribution in [0.25, 0.3) is 5.69 Å². The molecule has 0 saturated carbocycles. The van der Waals surface area contributed by atoms with Crippen LogP contribution >= 0.6 is 11.6 Å². The van der Waals surface area contributed by atoms with E-state index in [2.05, 4.69) is 10.4 Å². The summed E-state index contributed by atoms with van der Waals surface area (Å²) < 4.78 is 2.08. The van der Waals surface area contributed by atoms with Gasteiger partial charge in [0.1, 0.15) is 0 Å². The van der Waals surface area contributed by atoms with Crippen LogP contribution in [0.15, 0.2) is 82.4 Å². The molecule has 3 aromatic carbocycles. The number of hydrogen-bond donors (Lipinski definition) is 1. The van der Waals surface area contributed by atoms with Crippen LogP contribution in [-0.2, 0) is 6.54 Å². The summed E-state index contributed by atoms with van der Waals surface area (Å²) in [4.78, 5) is 40.0. The second-order valence-corrected chi connectivity index (χ2v) is 8.81. The van der Waals surface area contributed by atoms with Gasteiger partial charge in [-0.3, -0.25) is 14.2 Å². The summed E-state index contributed by atoms with van der Waals surface area (Å²) >= 11 is 6.29. The lowest BCUT2D eigenvalue weighted by Gasteiger charge is -2.16. The SMILES string of the molecule is Cc1ccc(-n2nc(C(=O)N[C@@H](C)c3ccccc3)c(=O)n(Cc3ccccc3C)c2=O)cc1Cl. The molecule has 178 valence electrons. The van der Waals surface area contributed by atoms with Crippen LogP contribution in [0.2, 0.25) is 5.02 Å². The minimum atomic E-state index is -0.759. The number of rotatable bonds is 6. The number of halogens is 1. The molecule has 8 heteroatoms. The molecule has 0 radical (unpaired) electrons. The van der Waals surface area contributed by atoms with Crippen LogP contribution in [0.5, 0.6) is 0 Å². The van der Waals surface area contributed by atoms with Crippen LogP contribution in [0.3, 0.4) is 0 Å². The molecule has 0 aliphatic heterocycles. The van der Waals surface area contributed by atoms with Crippen LogP contribution in [0.4, 0.5) is 0 Å². The molecule has 7 nitrogen and oxygen atoms in total. The topological polar surface area (TPSA) is 86.0 Å². The Morgan fingerprint density at radius 1 is 0.971 bits per heavy atom. The van der Waals surface area contributed by atoms with Gasteiger partial charge in [0.05, 0.1) is 18.3 Å². The van der Waals surface area contributed by atoms with Crippen molar-refractivity contribution < 1.29 is 4.79 Å². The van der Waals surface area contributed by atoms with Gasteiger partial charge in [0.15, 0.2) is 0 Å². The molecule has 0 spiro atoms. The number of amides is 1. The van der Waals surface area contributed by atoms with E-state index in [9.17, 15) is 14.4 Å². The van der Waals surface area contributed by atoms with Gasteiger partial charge in [-0.25, -0.2) is 4.79 Å². The first-order chi connectivity index (χ1) is 16.8. The number of aryl methyl sites for hydroxylation is 2. The lowest BCUT2D eigenvalue weighted by atomic mass is 10.1. The van der Waals surface area contributed by atoms with E-state index in [0.29, 0.717) is 10.7 Å². The third-order valence-electron chi connectivity index (χ3n) is 5.91. The quantitative estimate of drug-likeness (QED) is 0.440. The largest absolute Gasteiger partial charge is 0.352 e. The standard InChI is InChI=1S/C27H25ClN4O3/c1-17-9-7-8-12-21(17)16-31-26(34)24(25(33)29-19(3)20-10-5-4-6-11-20)30-32(27(31)35)22-14-13-18(2)23(28)15-22/h4-15,19H,16H2,1-3H3,(H,29,33)/t19-/m0/s1. The van der Waals surface area contributed by atoms with Gasteiger partial charge in [-0.2, -0.15) is 9.78 Å². The Morgan fingerprint density at radius 2 is 1.66 bits per heavy atom. The van der Waals surface area contributed by atoms with Crippen LogP contribution in [-0.4, -0.2) is 20.3 Å². The van der Waals surface area contributed by atoms with Gasteiger partial charge in [0, 0.05) is 5.02 Å². The summed E-state index contributed by atoms with van der Waals surface area (Å²) in [6.07, 6.45) is 0. The van der Waals surface area contributed by atoms with Crippen molar-refractivity contribution in [3.05, 3.63) is 127 Å². The minimum absolute atomic E-state index is 0.000965. The Kier molecular flexibility index (Phi) is 6.98. The lowest BCUT2D eigenvalue weighted by molar-refractivity contribution is 0.0930. The number of nitrogens with zero attached hydrogens (tertiary/aromatic N) is 3. The fourth-order valence-electron chi connectivity index (χ4n) is 3.73. The van der Waals surface area contributed by atoms with Gasteiger partial charge in [-0.15, -0.1) is 0 Å². The Labute approximate surface area is 207 Å². The maximum atomic E-state index is 13.4. The zero-order valence-electron chi connectivity index (χ0n) is 19.7. The summed E-state index contributed by atoms with van der Waals surface area (Å²) in [5.41, 5.74) is 1.97. The molecule has 0 aliphatic rings. The molecule has 1 aromatic heterocycles. The first kappa shape index (κ1) is 24.2. The summed E-state index contributed by atoms with van der Waals surface area (Å²) in [6.45, 7) is 5.55. The fourth-order valence-corrected chi connectivity index (χ4v) is 3.90. The predicted molar refractivity (Wildman–Crippen MR) is 136 cm³/mol. The second-order valence-electron chi connectivity index (χ2n) is 8.40. The normalized spacial score (nSPS) is 11.8. The average Bonchev–Trinajstić information content (AvgIpc) is 2.85. The number of aromatic nitrogens is 3. The Morgan fingerprint density at radius 3 is 2.34 bits per heavy atom. The van der Waals surface area contributed by atoms with Crippen molar-refractivity contribution in [2.75, 3.05) is 0 Å². The monoisotopic (exact) mass is 488 g/mol. The zero-order chi connectivity index (χ0) is 25.1. The van der Waals surface area contributed by atoms with Crippen molar-refractivity contribution in [1.29, 1.82) is 0 Å². The molecule has 1 N–H and O–H groups in total. The van der Waals surface area contributed by atoms with Crippen molar-refractivity contribution in [2.24, 2.45) is 0 Å². The van der Waals surface area contributed by atoms with Gasteiger partial charge < -0.3 is 5.32 Å². The molecule has 1 atom stereocenters. The third kappa shape index (κ3) is 5.10. The highest BCUT2D eigenvalue weighted by Gasteiger charge is 2.22. The molecule has 0 bridgehead atoms. The second kappa shape index (κ2) is 10.1. The molecular weight excluding hydrogens is 464 g/mol. The van der Waals surface area contributed by atoms with E-state index >= 15 is 0 Å². The molecule has 1 amide bonds. The van der Waals surface area contributed by atoms with Gasteiger partial charge in [-0.05, 0) is 55.2 Å². The highest BCUT2D eigenvalue weighted by molar-refractivity contribution is 6.31. The lowest BCUT2D eigenvalue weighted by Crippen LogP contribution is -2.46. The van der Waals surface area contributed by atoms with E-state index < -0.39 is 17.2 Å². The van der Waals surface area contributed by atoms with E-state index in [1.54, 1.807) is 18.2 Å². The van der Waals surface area contributed by atoms with Crippen molar-refractivity contribution in [3.8, 4) is 5.69 Å². The van der Waals surface area contributed by atoms with Crippen LogP contribution in [0.1, 0.15) is 45.7 Å². The molecule has 0 fully saturated rings. The highest BCUT2D eigenvalue weighted by Crippen LogP contribution is 2.18. The van der Waals surface area contributed by atoms with Gasteiger partial charge in [0.2, 0.25) is 5.69 Å². The third-order valence-corrected chi connectivity index (χ3v) is 6.32. The first-order valence-corrected chi connectivity index (χ1v) is 11.5. The molecular formula is C27H25ClN4O3. The van der Waals surface area contributed by atoms with E-state index in [1.165, 1.54) is 0 Å². The van der Waals surface area contributed by atoms with Crippen LogP contribution < -0.4 is 16.6 Å². The fraction of sp³-hybridized carbons (Fsp3) is 0.185. The predicted octanol–water partition coefficient (Wildman–Crippen LogP) is 4.20. The minimum Gasteiger partial charge on any atom is -0.344 e. The van der Waals surface area contributed by atoms with Gasteiger partial charge in [0.25, 0.3) is 11.5 Å². The van der Waals surface area contributed by atoms with Crippen molar-refractivity contribution in [3.63, 3.8) is 0 Å². The molecule has 1 heterocycles. The highest BCUT2D eigenvalue weighted by atomic mass is 35.5. The Balaban J connectivity index is 1.84. The zero-order valence-corrected chi connectivity index (χ0v) is 20.4. The maximum Gasteiger partial charge on any atom is 0.352 e. The maximum absolute atomic E-state index is 13.4. The molecule has 0 unspecified atom stereocenters. The average molecular weight is 489 g/mol. The summed E-state index contributed by atoms with van der Waals surface area (Å²) in [6, 6.07) is 21.5. The van der Waals surface area contributed by atoms with E-state index in [0.717, 1.165) is 31.5 Å².